The third-order valence-corrected chi connectivity index (χ3v) is 0.712. The molecule has 0 aromatic carbocycles. The summed E-state index contributed by atoms with van der Waals surface area (Å²) in [5.74, 6) is -2.50. The van der Waals surface area contributed by atoms with Crippen molar-refractivity contribution in [1.29, 1.82) is 0 Å². The van der Waals surface area contributed by atoms with E-state index in [1.165, 1.54) is 0 Å². The van der Waals surface area contributed by atoms with E-state index in [-0.39, 0.29) is 66.5 Å². The number of carboxylic acid groups (broad SMARTS) is 2. The van der Waals surface area contributed by atoms with E-state index in [2.05, 4.69) is 0 Å². The number of hydrogen-bond donors (Lipinski definition) is 3. The largest absolute Gasteiger partial charge is 2.00 e. The molecule has 0 saturated carbocycles. The minimum atomic E-state index is -1.29. The van der Waals surface area contributed by atoms with Gasteiger partial charge in [0.15, 0.2) is 0 Å². The number of nitrogens with two attached hydrogens (primary N) is 1. The Morgan fingerprint density at radius 2 is 1.82 bits per heavy atom. The van der Waals surface area contributed by atoms with Crippen molar-refractivity contribution < 1.29 is 25.5 Å². The van der Waals surface area contributed by atoms with E-state index in [1.807, 2.05) is 0 Å². The van der Waals surface area contributed by atoms with Crippen LogP contribution < -0.4 is 5.73 Å². The molecule has 0 aliphatic carbocycles. The van der Waals surface area contributed by atoms with Gasteiger partial charge >= 0.3 is 72.7 Å². The summed E-state index contributed by atoms with van der Waals surface area (Å²) in [6, 6.07) is -1.29. The van der Waals surface area contributed by atoms with Crippen molar-refractivity contribution in [2.24, 2.45) is 5.73 Å². The molecule has 4 N–H and O–H groups in total. The van der Waals surface area contributed by atoms with E-state index in [0.717, 1.165) is 0 Å². The van der Waals surface area contributed by atoms with Crippen molar-refractivity contribution in [3.8, 4) is 0 Å². The maximum absolute atomic E-state index is 9.85. The molecule has 1 atom stereocenters. The smallest absolute Gasteiger partial charge is 1.00 e. The summed E-state index contributed by atoms with van der Waals surface area (Å²) in [4.78, 5) is 19.6. The third kappa shape index (κ3) is 10.9. The second-order valence-corrected chi connectivity index (χ2v) is 1.54. The van der Waals surface area contributed by atoms with Crippen molar-refractivity contribution in [1.82, 2.24) is 0 Å². The molecule has 0 amide bonds. The van der Waals surface area contributed by atoms with Crippen molar-refractivity contribution in [2.75, 3.05) is 0 Å². The van der Waals surface area contributed by atoms with Gasteiger partial charge in [-0.25, -0.2) is 0 Å². The predicted molar refractivity (Wildman–Crippen MR) is 43.8 cm³/mol. The molecule has 1 unspecified atom stereocenters. The minimum absolute atomic E-state index is 0. The Morgan fingerprint density at radius 3 is 1.91 bits per heavy atom. The van der Waals surface area contributed by atoms with Gasteiger partial charge in [-0.3, -0.25) is 9.59 Å². The van der Waals surface area contributed by atoms with Gasteiger partial charge < -0.3 is 21.7 Å². The van der Waals surface area contributed by atoms with Gasteiger partial charge in [-0.05, 0) is 0 Å². The first kappa shape index (κ1) is 17.9. The van der Waals surface area contributed by atoms with E-state index in [0.29, 0.717) is 0 Å². The van der Waals surface area contributed by atoms with E-state index < -0.39 is 24.4 Å². The molecule has 0 heterocycles. The summed E-state index contributed by atoms with van der Waals surface area (Å²) in [6.07, 6.45) is -0.532. The van der Waals surface area contributed by atoms with Crippen LogP contribution in [0.5, 0.6) is 0 Å². The Labute approximate surface area is 115 Å². The first-order valence-corrected chi connectivity index (χ1v) is 2.24. The average molecular weight is 202 g/mol. The monoisotopic (exact) mass is 201 g/mol. The van der Waals surface area contributed by atoms with Gasteiger partial charge in [-0.1, -0.05) is 0 Å². The van der Waals surface area contributed by atoms with Crippen molar-refractivity contribution in [3.05, 3.63) is 0 Å². The second-order valence-electron chi connectivity index (χ2n) is 1.54. The average Bonchev–Trinajstić information content (AvgIpc) is 1.63. The molecular formula is C4H11CaMgNO4. The SMILES string of the molecule is NC(CC(=O)O)C(=O)O.[Ca+2].[H-].[H-].[H-].[H-].[Mg+2]. The van der Waals surface area contributed by atoms with Gasteiger partial charge in [0.1, 0.15) is 6.04 Å². The molecule has 0 aliphatic rings. The minimum Gasteiger partial charge on any atom is -1.00 e. The number of hydrogen-bond acceptors (Lipinski definition) is 3. The molecule has 11 heavy (non-hydrogen) atoms. The molecule has 0 spiro atoms. The topological polar surface area (TPSA) is 101 Å². The predicted octanol–water partition coefficient (Wildman–Crippen LogP) is -1.44. The van der Waals surface area contributed by atoms with E-state index in [1.54, 1.807) is 0 Å². The van der Waals surface area contributed by atoms with Crippen LogP contribution in [-0.2, 0) is 9.59 Å². The first-order valence-electron chi connectivity index (χ1n) is 2.24. The van der Waals surface area contributed by atoms with Crippen molar-refractivity contribution in [3.63, 3.8) is 0 Å². The van der Waals surface area contributed by atoms with Crippen LogP contribution >= 0.6 is 0 Å². The molecule has 60 valence electrons. The van der Waals surface area contributed by atoms with Gasteiger partial charge in [0.25, 0.3) is 0 Å². The summed E-state index contributed by atoms with van der Waals surface area (Å²) in [5, 5.41) is 16.0. The van der Waals surface area contributed by atoms with Crippen LogP contribution in [0.4, 0.5) is 0 Å². The van der Waals surface area contributed by atoms with Crippen LogP contribution in [0.1, 0.15) is 12.1 Å². The fourth-order valence-corrected chi connectivity index (χ4v) is 0.275. The Morgan fingerprint density at radius 1 is 1.45 bits per heavy atom. The molecule has 0 saturated heterocycles. The molecule has 0 radical (unpaired) electrons. The Bertz CT molecular complexity index is 155. The van der Waals surface area contributed by atoms with Crippen LogP contribution in [-0.4, -0.2) is 89.0 Å². The number of carbonyl (C=O) groups is 2. The van der Waals surface area contributed by atoms with Gasteiger partial charge in [0.2, 0.25) is 0 Å². The second kappa shape index (κ2) is 9.02. The van der Waals surface area contributed by atoms with Gasteiger partial charge in [-0.15, -0.1) is 0 Å². The van der Waals surface area contributed by atoms with E-state index in [9.17, 15) is 9.59 Å². The van der Waals surface area contributed by atoms with Crippen LogP contribution in [0.15, 0.2) is 0 Å². The molecule has 0 rings (SSSR count). The van der Waals surface area contributed by atoms with Crippen molar-refractivity contribution in [2.45, 2.75) is 12.5 Å². The molecule has 0 aromatic rings. The molecule has 0 fully saturated rings. The molecule has 0 aliphatic heterocycles. The first-order chi connectivity index (χ1) is 4.04. The van der Waals surface area contributed by atoms with E-state index >= 15 is 0 Å². The number of carboxylic acids is 2. The fraction of sp³-hybridized carbons (Fsp3) is 0.500. The maximum atomic E-state index is 9.85. The summed E-state index contributed by atoms with van der Waals surface area (Å²) < 4.78 is 0. The van der Waals surface area contributed by atoms with Gasteiger partial charge in [-0.2, -0.15) is 0 Å². The zero-order chi connectivity index (χ0) is 7.44. The molecule has 0 bridgehead atoms. The normalized spacial score (nSPS) is 10.3. The van der Waals surface area contributed by atoms with Crippen LogP contribution in [0.25, 0.3) is 0 Å². The fourth-order valence-electron chi connectivity index (χ4n) is 0.275. The Kier molecular flexibility index (Phi) is 14.6. The quantitative estimate of drug-likeness (QED) is 0.486. The van der Waals surface area contributed by atoms with Crippen LogP contribution in [0, 0.1) is 0 Å². The number of aliphatic carboxylic acids is 2. The third-order valence-electron chi connectivity index (χ3n) is 0.712. The summed E-state index contributed by atoms with van der Waals surface area (Å²) >= 11 is 0. The molecule has 5 nitrogen and oxygen atoms in total. The van der Waals surface area contributed by atoms with Gasteiger partial charge in [0, 0.05) is 0 Å². The molecule has 7 heteroatoms. The number of rotatable bonds is 3. The summed E-state index contributed by atoms with van der Waals surface area (Å²) in [7, 11) is 0. The van der Waals surface area contributed by atoms with Crippen molar-refractivity contribution >= 4 is 72.7 Å². The zero-order valence-corrected chi connectivity index (χ0v) is 9.61. The van der Waals surface area contributed by atoms with Gasteiger partial charge in [0.05, 0.1) is 6.42 Å². The Hall–Kier alpha value is 0.926. The van der Waals surface area contributed by atoms with E-state index in [4.69, 9.17) is 15.9 Å². The zero-order valence-electron chi connectivity index (χ0n) is 9.99. The van der Waals surface area contributed by atoms with Crippen LogP contribution in [0.3, 0.4) is 0 Å². The molecule has 0 aromatic heterocycles. The maximum Gasteiger partial charge on any atom is 2.00 e. The Balaban J connectivity index is -0.0000000213. The molecular weight excluding hydrogens is 190 g/mol. The summed E-state index contributed by atoms with van der Waals surface area (Å²) in [5.41, 5.74) is 4.84. The standard InChI is InChI=1S/C4H7NO4.Ca.Mg.4H/c5-2(4(8)9)1-3(6)7;;;;;;/h2H,1,5H2,(H,6,7)(H,8,9);;;;;;/q;2*+2;4*-1. The van der Waals surface area contributed by atoms with Crippen LogP contribution in [0.2, 0.25) is 0 Å². The summed E-state index contributed by atoms with van der Waals surface area (Å²) in [6.45, 7) is 0.